The topological polar surface area (TPSA) is 38.7 Å². The molecule has 2 rings (SSSR count). The van der Waals surface area contributed by atoms with Gasteiger partial charge < -0.3 is 14.5 Å². The third-order valence-electron chi connectivity index (χ3n) is 2.98. The fourth-order valence-electron chi connectivity index (χ4n) is 1.90. The Kier molecular flexibility index (Phi) is 4.81. The van der Waals surface area contributed by atoms with Crippen molar-refractivity contribution in [3.05, 3.63) is 46.4 Å². The number of benzene rings is 2. The molecule has 0 unspecified atom stereocenters. The monoisotopic (exact) mass is 310 g/mol. The van der Waals surface area contributed by atoms with Crippen molar-refractivity contribution in [3.63, 3.8) is 0 Å². The third kappa shape index (κ3) is 3.03. The summed E-state index contributed by atoms with van der Waals surface area (Å²) in [5.41, 5.74) is 1.33. The molecule has 0 aliphatic heterocycles. The molecule has 2 aromatic carbocycles. The predicted molar refractivity (Wildman–Crippen MR) is 83.2 cm³/mol. The molecule has 1 N–H and O–H groups in total. The van der Waals surface area contributed by atoms with Crippen LogP contribution in [-0.4, -0.2) is 26.2 Å². The zero-order valence-electron chi connectivity index (χ0n) is 11.1. The average molecular weight is 311 g/mol. The summed E-state index contributed by atoms with van der Waals surface area (Å²) in [5, 5.41) is 11.3. The Morgan fingerprint density at radius 2 is 1.25 bits per heavy atom. The minimum atomic E-state index is -0.818. The minimum Gasteiger partial charge on any atom is -0.495 e. The highest BCUT2D eigenvalue weighted by molar-refractivity contribution is 6.79. The lowest BCUT2D eigenvalue weighted by Gasteiger charge is -2.11. The second kappa shape index (κ2) is 6.40. The van der Waals surface area contributed by atoms with Gasteiger partial charge in [-0.2, -0.15) is 0 Å². The lowest BCUT2D eigenvalue weighted by atomic mass is 9.56. The first-order valence-electron chi connectivity index (χ1n) is 5.91. The largest absolute Gasteiger partial charge is 0.495 e. The quantitative estimate of drug-likeness (QED) is 0.879. The number of rotatable bonds is 4. The number of halogens is 2. The van der Waals surface area contributed by atoms with Crippen molar-refractivity contribution in [2.75, 3.05) is 14.2 Å². The SMILES string of the molecule is COc1ccc(B(O)c2ccc(OC)c(Cl)c2)cc1Cl. The summed E-state index contributed by atoms with van der Waals surface area (Å²) in [6.45, 7) is -0.818. The van der Waals surface area contributed by atoms with Crippen LogP contribution in [0.3, 0.4) is 0 Å². The molecular formula is C14H13BCl2O3. The molecule has 6 heteroatoms. The molecule has 20 heavy (non-hydrogen) atoms. The molecule has 0 heterocycles. The fourth-order valence-corrected chi connectivity index (χ4v) is 2.43. The van der Waals surface area contributed by atoms with E-state index in [9.17, 15) is 5.02 Å². The van der Waals surface area contributed by atoms with Crippen molar-refractivity contribution in [2.45, 2.75) is 0 Å². The summed E-state index contributed by atoms with van der Waals surface area (Å²) in [5.74, 6) is 1.13. The summed E-state index contributed by atoms with van der Waals surface area (Å²) < 4.78 is 10.2. The lowest BCUT2D eigenvalue weighted by Crippen LogP contribution is -2.42. The van der Waals surface area contributed by atoms with Crippen LogP contribution in [0.25, 0.3) is 0 Å². The Labute approximate surface area is 128 Å². The Hall–Kier alpha value is -1.36. The molecule has 0 fully saturated rings. The second-order valence-corrected chi connectivity index (χ2v) is 5.00. The molecule has 0 bridgehead atoms. The van der Waals surface area contributed by atoms with Gasteiger partial charge in [0.1, 0.15) is 11.5 Å². The van der Waals surface area contributed by atoms with Crippen molar-refractivity contribution >= 4 is 41.0 Å². The van der Waals surface area contributed by atoms with Crippen LogP contribution in [0.1, 0.15) is 0 Å². The highest BCUT2D eigenvalue weighted by Gasteiger charge is 2.19. The smallest absolute Gasteiger partial charge is 0.359 e. The average Bonchev–Trinajstić information content (AvgIpc) is 2.46. The van der Waals surface area contributed by atoms with E-state index in [-0.39, 0.29) is 0 Å². The van der Waals surface area contributed by atoms with Gasteiger partial charge in [0.05, 0.1) is 24.3 Å². The molecule has 0 saturated carbocycles. The van der Waals surface area contributed by atoms with E-state index in [2.05, 4.69) is 0 Å². The molecule has 0 saturated heterocycles. The highest BCUT2D eigenvalue weighted by Crippen LogP contribution is 2.23. The Morgan fingerprint density at radius 1 is 0.850 bits per heavy atom. The van der Waals surface area contributed by atoms with Gasteiger partial charge in [0.25, 0.3) is 0 Å². The number of hydrogen-bond acceptors (Lipinski definition) is 3. The van der Waals surface area contributed by atoms with E-state index in [1.54, 1.807) is 50.6 Å². The van der Waals surface area contributed by atoms with Gasteiger partial charge in [-0.05, 0) is 35.2 Å². The highest BCUT2D eigenvalue weighted by atomic mass is 35.5. The molecule has 2 aromatic rings. The fraction of sp³-hybridized carbons (Fsp3) is 0.143. The first-order valence-corrected chi connectivity index (χ1v) is 6.67. The van der Waals surface area contributed by atoms with Crippen LogP contribution in [0.2, 0.25) is 10.0 Å². The second-order valence-electron chi connectivity index (χ2n) is 4.19. The van der Waals surface area contributed by atoms with E-state index in [4.69, 9.17) is 32.7 Å². The van der Waals surface area contributed by atoms with Gasteiger partial charge in [-0.3, -0.25) is 0 Å². The van der Waals surface area contributed by atoms with Crippen molar-refractivity contribution in [3.8, 4) is 11.5 Å². The van der Waals surface area contributed by atoms with Crippen LogP contribution in [0.15, 0.2) is 36.4 Å². The minimum absolute atomic E-state index is 0.448. The summed E-state index contributed by atoms with van der Waals surface area (Å²) in [6, 6.07) is 10.3. The molecule has 104 valence electrons. The molecule has 0 aromatic heterocycles. The summed E-state index contributed by atoms with van der Waals surface area (Å²) >= 11 is 12.1. The number of ether oxygens (including phenoxy) is 2. The predicted octanol–water partition coefficient (Wildman–Crippen LogP) is 2.11. The van der Waals surface area contributed by atoms with Gasteiger partial charge in [0, 0.05) is 0 Å². The van der Waals surface area contributed by atoms with Crippen LogP contribution in [0.5, 0.6) is 11.5 Å². The molecule has 0 spiro atoms. The van der Waals surface area contributed by atoms with E-state index >= 15 is 0 Å². The molecule has 0 aliphatic carbocycles. The first kappa shape index (κ1) is 15.0. The zero-order valence-corrected chi connectivity index (χ0v) is 12.6. The van der Waals surface area contributed by atoms with Gasteiger partial charge in [-0.25, -0.2) is 0 Å². The van der Waals surface area contributed by atoms with Gasteiger partial charge in [-0.1, -0.05) is 35.3 Å². The third-order valence-corrected chi connectivity index (χ3v) is 3.57. The van der Waals surface area contributed by atoms with Crippen LogP contribution in [-0.2, 0) is 0 Å². The van der Waals surface area contributed by atoms with Crippen LogP contribution in [0.4, 0.5) is 0 Å². The Bertz CT molecular complexity index is 566. The molecule has 0 radical (unpaired) electrons. The Balaban J connectivity index is 2.33. The van der Waals surface area contributed by atoms with Crippen LogP contribution >= 0.6 is 23.2 Å². The maximum Gasteiger partial charge on any atom is 0.359 e. The number of methoxy groups -OCH3 is 2. The lowest BCUT2D eigenvalue weighted by molar-refractivity contribution is 0.415. The van der Waals surface area contributed by atoms with Gasteiger partial charge in [0.15, 0.2) is 0 Å². The maximum absolute atomic E-state index is 10.4. The standard InChI is InChI=1S/C14H13BCl2O3/c1-19-13-5-3-9(7-11(13)16)15(18)10-4-6-14(20-2)12(17)8-10/h3-8,18H,1-2H3. The van der Waals surface area contributed by atoms with Crippen LogP contribution < -0.4 is 20.4 Å². The molecule has 3 nitrogen and oxygen atoms in total. The maximum atomic E-state index is 10.4. The van der Waals surface area contributed by atoms with E-state index in [0.29, 0.717) is 32.5 Å². The number of hydrogen-bond donors (Lipinski definition) is 1. The molecule has 0 aliphatic rings. The van der Waals surface area contributed by atoms with Gasteiger partial charge in [-0.15, -0.1) is 0 Å². The van der Waals surface area contributed by atoms with Crippen molar-refractivity contribution in [1.82, 2.24) is 0 Å². The van der Waals surface area contributed by atoms with E-state index in [0.717, 1.165) is 0 Å². The van der Waals surface area contributed by atoms with Crippen molar-refractivity contribution < 1.29 is 14.5 Å². The van der Waals surface area contributed by atoms with Crippen molar-refractivity contribution in [2.24, 2.45) is 0 Å². The van der Waals surface area contributed by atoms with Gasteiger partial charge in [0.2, 0.25) is 0 Å². The molecular weight excluding hydrogens is 298 g/mol. The molecule has 0 atom stereocenters. The summed E-state index contributed by atoms with van der Waals surface area (Å²) in [7, 11) is 3.08. The molecule has 0 amide bonds. The Morgan fingerprint density at radius 3 is 1.55 bits per heavy atom. The summed E-state index contributed by atoms with van der Waals surface area (Å²) in [6.07, 6.45) is 0. The van der Waals surface area contributed by atoms with Crippen LogP contribution in [0, 0.1) is 0 Å². The first-order chi connectivity index (χ1) is 9.56. The zero-order chi connectivity index (χ0) is 14.7. The van der Waals surface area contributed by atoms with Gasteiger partial charge >= 0.3 is 6.92 Å². The van der Waals surface area contributed by atoms with E-state index in [1.807, 2.05) is 0 Å². The van der Waals surface area contributed by atoms with E-state index in [1.165, 1.54) is 0 Å². The normalized spacial score (nSPS) is 10.2. The summed E-state index contributed by atoms with van der Waals surface area (Å²) in [4.78, 5) is 0. The van der Waals surface area contributed by atoms with Crippen molar-refractivity contribution in [1.29, 1.82) is 0 Å². The van der Waals surface area contributed by atoms with E-state index < -0.39 is 6.92 Å².